The fraction of sp³-hybridized carbons (Fsp3) is 1.00. The highest BCUT2D eigenvalue weighted by Gasteiger charge is 2.42. The van der Waals surface area contributed by atoms with Crippen molar-refractivity contribution in [1.29, 1.82) is 0 Å². The van der Waals surface area contributed by atoms with E-state index in [1.54, 1.807) is 0 Å². The molecule has 2 aliphatic rings. The maximum Gasteiger partial charge on any atom is 0.108 e. The molecule has 2 heterocycles. The lowest BCUT2D eigenvalue weighted by molar-refractivity contribution is 0.867. The van der Waals surface area contributed by atoms with Crippen molar-refractivity contribution >= 4 is 47.0 Å². The monoisotopic (exact) mass is 266 g/mol. The summed E-state index contributed by atoms with van der Waals surface area (Å²) in [5.74, 6) is 2.69. The third-order valence-corrected chi connectivity index (χ3v) is 9.78. The van der Waals surface area contributed by atoms with Gasteiger partial charge in [0.15, 0.2) is 0 Å². The molecule has 0 aliphatic carbocycles. The Morgan fingerprint density at radius 3 is 2.14 bits per heavy atom. The van der Waals surface area contributed by atoms with E-state index in [0.29, 0.717) is 3.41 Å². The van der Waals surface area contributed by atoms with E-state index < -0.39 is 0 Å². The Labute approximate surface area is 105 Å². The molecule has 0 amide bonds. The van der Waals surface area contributed by atoms with Gasteiger partial charge in [0.25, 0.3) is 0 Å². The lowest BCUT2D eigenvalue weighted by atomic mass is 10.4. The summed E-state index contributed by atoms with van der Waals surface area (Å²) in [4.78, 5) is 0. The van der Waals surface area contributed by atoms with E-state index in [0.717, 1.165) is 15.7 Å². The van der Waals surface area contributed by atoms with Crippen molar-refractivity contribution in [3.63, 3.8) is 0 Å². The van der Waals surface area contributed by atoms with Gasteiger partial charge in [-0.25, -0.2) is 0 Å². The van der Waals surface area contributed by atoms with Gasteiger partial charge in [0.05, 0.1) is 0 Å². The summed E-state index contributed by atoms with van der Waals surface area (Å²) in [5, 5.41) is 2.54. The molecule has 0 aromatic rings. The molecule has 4 heteroatoms. The third kappa shape index (κ3) is 2.74. The highest BCUT2D eigenvalue weighted by atomic mass is 32.3. The molecule has 2 saturated heterocycles. The fourth-order valence-electron chi connectivity index (χ4n) is 1.94. The molecule has 0 radical (unpaired) electrons. The highest BCUT2D eigenvalue weighted by Crippen LogP contribution is 2.60. The molecular formula is C10H18S4. The molecule has 1 spiro atoms. The van der Waals surface area contributed by atoms with E-state index in [-0.39, 0.29) is 0 Å². The van der Waals surface area contributed by atoms with E-state index in [1.165, 1.54) is 17.9 Å². The molecule has 0 N–H and O–H groups in total. The molecule has 4 atom stereocenters. The maximum absolute atomic E-state index is 2.40. The molecule has 2 aliphatic heterocycles. The predicted molar refractivity (Wildman–Crippen MR) is 75.8 cm³/mol. The van der Waals surface area contributed by atoms with Crippen LogP contribution in [-0.4, -0.2) is 30.7 Å². The van der Waals surface area contributed by atoms with Crippen LogP contribution in [-0.2, 0) is 0 Å². The van der Waals surface area contributed by atoms with Crippen molar-refractivity contribution < 1.29 is 0 Å². The van der Waals surface area contributed by atoms with Gasteiger partial charge in [0.1, 0.15) is 3.41 Å². The van der Waals surface area contributed by atoms with Crippen LogP contribution in [0, 0.1) is 0 Å². The second-order valence-electron chi connectivity index (χ2n) is 4.19. The minimum absolute atomic E-state index is 0.511. The summed E-state index contributed by atoms with van der Waals surface area (Å²) in [6.45, 7) is 7.15. The Bertz CT molecular complexity index is 208. The van der Waals surface area contributed by atoms with Crippen LogP contribution in [0.15, 0.2) is 0 Å². The molecule has 4 unspecified atom stereocenters. The quantitative estimate of drug-likeness (QED) is 0.645. The average molecular weight is 267 g/mol. The van der Waals surface area contributed by atoms with Gasteiger partial charge >= 0.3 is 0 Å². The van der Waals surface area contributed by atoms with Crippen LogP contribution >= 0.6 is 47.0 Å². The van der Waals surface area contributed by atoms with Crippen LogP contribution in [0.4, 0.5) is 0 Å². The van der Waals surface area contributed by atoms with Crippen LogP contribution < -0.4 is 0 Å². The summed E-state index contributed by atoms with van der Waals surface area (Å²) in [6.07, 6.45) is 1.38. The average Bonchev–Trinajstić information content (AvgIpc) is 2.37. The van der Waals surface area contributed by atoms with Crippen molar-refractivity contribution in [3.8, 4) is 0 Å². The SMILES string of the molecule is CC1CSC2(CC(C)S1)SCC(C)S2. The molecule has 0 nitrogen and oxygen atoms in total. The smallest absolute Gasteiger partial charge is 0.108 e. The predicted octanol–water partition coefficient (Wildman–Crippen LogP) is 4.16. The normalized spacial score (nSPS) is 49.5. The van der Waals surface area contributed by atoms with Crippen molar-refractivity contribution in [2.45, 2.75) is 46.4 Å². The first-order chi connectivity index (χ1) is 6.60. The van der Waals surface area contributed by atoms with Crippen molar-refractivity contribution in [2.24, 2.45) is 0 Å². The molecule has 0 aromatic carbocycles. The van der Waals surface area contributed by atoms with Crippen molar-refractivity contribution in [3.05, 3.63) is 0 Å². The maximum atomic E-state index is 2.40. The van der Waals surface area contributed by atoms with E-state index >= 15 is 0 Å². The Balaban J connectivity index is 2.04. The summed E-state index contributed by atoms with van der Waals surface area (Å²) >= 11 is 8.82. The Morgan fingerprint density at radius 2 is 1.57 bits per heavy atom. The Morgan fingerprint density at radius 1 is 0.929 bits per heavy atom. The summed E-state index contributed by atoms with van der Waals surface area (Å²) < 4.78 is 0.511. The molecule has 0 aromatic heterocycles. The molecule has 0 saturated carbocycles. The fourth-order valence-corrected chi connectivity index (χ4v) is 9.74. The second kappa shape index (κ2) is 4.72. The lowest BCUT2D eigenvalue weighted by Crippen LogP contribution is -2.16. The summed E-state index contributed by atoms with van der Waals surface area (Å²) in [5.41, 5.74) is 0. The lowest BCUT2D eigenvalue weighted by Gasteiger charge is -2.26. The van der Waals surface area contributed by atoms with E-state index in [1.807, 2.05) is 0 Å². The Hall–Kier alpha value is 1.40. The van der Waals surface area contributed by atoms with Gasteiger partial charge in [-0.15, -0.1) is 35.3 Å². The van der Waals surface area contributed by atoms with Crippen LogP contribution in [0.1, 0.15) is 27.2 Å². The first kappa shape index (κ1) is 11.9. The number of rotatable bonds is 0. The third-order valence-electron chi connectivity index (χ3n) is 2.46. The van der Waals surface area contributed by atoms with E-state index in [2.05, 4.69) is 67.8 Å². The molecule has 2 fully saturated rings. The minimum atomic E-state index is 0.511. The molecule has 82 valence electrons. The van der Waals surface area contributed by atoms with Gasteiger partial charge in [0, 0.05) is 27.3 Å². The zero-order chi connectivity index (χ0) is 10.2. The van der Waals surface area contributed by atoms with Gasteiger partial charge in [-0.2, -0.15) is 11.8 Å². The topological polar surface area (TPSA) is 0 Å². The van der Waals surface area contributed by atoms with Gasteiger partial charge < -0.3 is 0 Å². The zero-order valence-electron chi connectivity index (χ0n) is 8.99. The molecule has 14 heavy (non-hydrogen) atoms. The van der Waals surface area contributed by atoms with Crippen LogP contribution in [0.5, 0.6) is 0 Å². The zero-order valence-corrected chi connectivity index (χ0v) is 12.3. The largest absolute Gasteiger partial charge is 0.155 e. The van der Waals surface area contributed by atoms with Crippen LogP contribution in [0.2, 0.25) is 0 Å². The van der Waals surface area contributed by atoms with Crippen LogP contribution in [0.25, 0.3) is 0 Å². The van der Waals surface area contributed by atoms with Gasteiger partial charge in [-0.3, -0.25) is 0 Å². The minimum Gasteiger partial charge on any atom is -0.155 e. The Kier molecular flexibility index (Phi) is 4.00. The van der Waals surface area contributed by atoms with Gasteiger partial charge in [0.2, 0.25) is 0 Å². The van der Waals surface area contributed by atoms with Crippen molar-refractivity contribution in [1.82, 2.24) is 0 Å². The van der Waals surface area contributed by atoms with Gasteiger partial charge in [-0.1, -0.05) is 20.8 Å². The molecule has 2 rings (SSSR count). The van der Waals surface area contributed by atoms with Crippen molar-refractivity contribution in [2.75, 3.05) is 11.5 Å². The standard InChI is InChI=1S/C10H18S4/c1-7-4-10(11-5-8(2)13-7)12-6-9(3)14-10/h7-9H,4-6H2,1-3H3. The summed E-state index contributed by atoms with van der Waals surface area (Å²) in [7, 11) is 0. The number of hydrogen-bond donors (Lipinski definition) is 0. The highest BCUT2D eigenvalue weighted by molar-refractivity contribution is 8.36. The summed E-state index contributed by atoms with van der Waals surface area (Å²) in [6, 6.07) is 0. The second-order valence-corrected chi connectivity index (χ2v) is 11.2. The number of hydrogen-bond acceptors (Lipinski definition) is 4. The van der Waals surface area contributed by atoms with Gasteiger partial charge in [-0.05, 0) is 6.42 Å². The van der Waals surface area contributed by atoms with E-state index in [4.69, 9.17) is 0 Å². The molecule has 0 bridgehead atoms. The number of thioether (sulfide) groups is 4. The van der Waals surface area contributed by atoms with Crippen LogP contribution in [0.3, 0.4) is 0 Å². The first-order valence-electron chi connectivity index (χ1n) is 5.21. The molecular weight excluding hydrogens is 248 g/mol. The first-order valence-corrected chi connectivity index (χ1v) is 9.00. The van der Waals surface area contributed by atoms with E-state index in [9.17, 15) is 0 Å².